The molecule has 0 spiro atoms. The monoisotopic (exact) mass is 310 g/mol. The quantitative estimate of drug-likeness (QED) is 0.819. The van der Waals surface area contributed by atoms with Gasteiger partial charge in [0.1, 0.15) is 5.82 Å². The first-order valence-corrected chi connectivity index (χ1v) is 6.39. The molecule has 0 fully saturated rings. The number of carbonyl (C=O) groups is 1. The molecule has 0 unspecified atom stereocenters. The molecule has 0 aliphatic carbocycles. The summed E-state index contributed by atoms with van der Waals surface area (Å²) in [6.45, 7) is 0. The van der Waals surface area contributed by atoms with Crippen LogP contribution in [0.2, 0.25) is 10.0 Å². The van der Waals surface area contributed by atoms with Gasteiger partial charge >= 0.3 is 5.97 Å². The average Bonchev–Trinajstić information content (AvgIpc) is 2.38. The van der Waals surface area contributed by atoms with Crippen molar-refractivity contribution in [3.8, 4) is 11.1 Å². The predicted octanol–water partition coefficient (Wildman–Crippen LogP) is 4.90. The van der Waals surface area contributed by atoms with E-state index in [0.717, 1.165) is 6.08 Å². The smallest absolute Gasteiger partial charge is 0.328 e. The Bertz CT molecular complexity index is 676. The molecule has 0 bridgehead atoms. The van der Waals surface area contributed by atoms with Crippen LogP contribution in [0.3, 0.4) is 0 Å². The molecule has 0 radical (unpaired) electrons. The summed E-state index contributed by atoms with van der Waals surface area (Å²) in [4.78, 5) is 10.6. The van der Waals surface area contributed by atoms with Gasteiger partial charge in [0.2, 0.25) is 0 Å². The fourth-order valence-corrected chi connectivity index (χ4v) is 2.42. The van der Waals surface area contributed by atoms with Crippen molar-refractivity contribution < 1.29 is 14.3 Å². The van der Waals surface area contributed by atoms with E-state index in [4.69, 9.17) is 28.3 Å². The Morgan fingerprint density at radius 3 is 2.40 bits per heavy atom. The van der Waals surface area contributed by atoms with Crippen molar-refractivity contribution in [3.63, 3.8) is 0 Å². The van der Waals surface area contributed by atoms with E-state index in [0.29, 0.717) is 26.7 Å². The third-order valence-electron chi connectivity index (χ3n) is 2.65. The lowest BCUT2D eigenvalue weighted by molar-refractivity contribution is -0.131. The van der Waals surface area contributed by atoms with Gasteiger partial charge in [0.25, 0.3) is 0 Å². The normalized spacial score (nSPS) is 10.9. The highest BCUT2D eigenvalue weighted by molar-refractivity contribution is 6.39. The van der Waals surface area contributed by atoms with Gasteiger partial charge in [-0.1, -0.05) is 35.3 Å². The number of carboxylic acids is 1. The van der Waals surface area contributed by atoms with Crippen molar-refractivity contribution in [1.82, 2.24) is 0 Å². The van der Waals surface area contributed by atoms with Crippen LogP contribution in [-0.2, 0) is 4.79 Å². The molecule has 1 N–H and O–H groups in total. The Morgan fingerprint density at radius 2 is 1.80 bits per heavy atom. The lowest BCUT2D eigenvalue weighted by atomic mass is 9.99. The highest BCUT2D eigenvalue weighted by atomic mass is 35.5. The van der Waals surface area contributed by atoms with Crippen LogP contribution < -0.4 is 0 Å². The van der Waals surface area contributed by atoms with Crippen molar-refractivity contribution in [2.24, 2.45) is 0 Å². The molecule has 0 amide bonds. The summed E-state index contributed by atoms with van der Waals surface area (Å²) in [6.07, 6.45) is 2.24. The largest absolute Gasteiger partial charge is 0.478 e. The molecule has 0 saturated carbocycles. The van der Waals surface area contributed by atoms with E-state index < -0.39 is 11.8 Å². The number of benzene rings is 2. The predicted molar refractivity (Wildman–Crippen MR) is 78.5 cm³/mol. The van der Waals surface area contributed by atoms with Crippen LogP contribution in [0.5, 0.6) is 0 Å². The first-order valence-electron chi connectivity index (χ1n) is 5.64. The van der Waals surface area contributed by atoms with Crippen LogP contribution in [0.1, 0.15) is 5.56 Å². The van der Waals surface area contributed by atoms with Gasteiger partial charge in [-0.2, -0.15) is 0 Å². The molecule has 0 saturated heterocycles. The molecular weight excluding hydrogens is 302 g/mol. The molecule has 0 atom stereocenters. The molecule has 2 aromatic carbocycles. The number of halogens is 3. The van der Waals surface area contributed by atoms with Gasteiger partial charge in [0.05, 0.1) is 0 Å². The van der Waals surface area contributed by atoms with Crippen molar-refractivity contribution >= 4 is 35.2 Å². The Labute approximate surface area is 125 Å². The summed E-state index contributed by atoms with van der Waals surface area (Å²) in [6, 6.07) is 9.05. The Kier molecular flexibility index (Phi) is 4.42. The van der Waals surface area contributed by atoms with Gasteiger partial charge < -0.3 is 5.11 Å². The first kappa shape index (κ1) is 14.6. The maximum Gasteiger partial charge on any atom is 0.328 e. The number of rotatable bonds is 3. The van der Waals surface area contributed by atoms with E-state index in [1.807, 2.05) is 0 Å². The van der Waals surface area contributed by atoms with Gasteiger partial charge in [0, 0.05) is 21.7 Å². The first-order chi connectivity index (χ1) is 9.49. The molecule has 2 nitrogen and oxygen atoms in total. The van der Waals surface area contributed by atoms with E-state index in [1.54, 1.807) is 18.2 Å². The van der Waals surface area contributed by atoms with E-state index in [-0.39, 0.29) is 0 Å². The fourth-order valence-electron chi connectivity index (χ4n) is 1.82. The van der Waals surface area contributed by atoms with Gasteiger partial charge in [-0.05, 0) is 41.5 Å². The topological polar surface area (TPSA) is 37.3 Å². The van der Waals surface area contributed by atoms with Crippen LogP contribution in [-0.4, -0.2) is 11.1 Å². The van der Waals surface area contributed by atoms with Crippen LogP contribution in [0, 0.1) is 5.82 Å². The highest BCUT2D eigenvalue weighted by Crippen LogP contribution is 2.37. The number of aliphatic carboxylic acids is 1. The lowest BCUT2D eigenvalue weighted by Crippen LogP contribution is -1.90. The maximum absolute atomic E-state index is 13.3. The Balaban J connectivity index is 2.65. The molecule has 5 heteroatoms. The van der Waals surface area contributed by atoms with Crippen molar-refractivity contribution in [2.45, 2.75) is 0 Å². The summed E-state index contributed by atoms with van der Waals surface area (Å²) in [5.41, 5.74) is 1.50. The fraction of sp³-hybridized carbons (Fsp3) is 0. The molecule has 2 aromatic rings. The number of carboxylic acid groups (broad SMARTS) is 1. The molecular formula is C15H9Cl2FO2. The van der Waals surface area contributed by atoms with Gasteiger partial charge in [0.15, 0.2) is 0 Å². The van der Waals surface area contributed by atoms with Crippen LogP contribution in [0.4, 0.5) is 4.39 Å². The summed E-state index contributed by atoms with van der Waals surface area (Å²) in [5, 5.41) is 9.50. The van der Waals surface area contributed by atoms with Crippen LogP contribution in [0.25, 0.3) is 17.2 Å². The van der Waals surface area contributed by atoms with Crippen LogP contribution >= 0.6 is 23.2 Å². The van der Waals surface area contributed by atoms with Gasteiger partial charge in [-0.25, -0.2) is 9.18 Å². The SMILES string of the molecule is O=C(O)/C=C/c1cc(F)ccc1-c1c(Cl)cccc1Cl. The standard InChI is InChI=1S/C15H9Cl2FO2/c16-12-2-1-3-13(17)15(12)11-6-5-10(18)8-9(11)4-7-14(19)20/h1-8H,(H,19,20)/b7-4+. The summed E-state index contributed by atoms with van der Waals surface area (Å²) >= 11 is 12.2. The van der Waals surface area contributed by atoms with E-state index in [1.165, 1.54) is 24.3 Å². The molecule has 0 heterocycles. The highest BCUT2D eigenvalue weighted by Gasteiger charge is 2.12. The second-order valence-electron chi connectivity index (χ2n) is 4.00. The molecule has 102 valence electrons. The van der Waals surface area contributed by atoms with Crippen LogP contribution in [0.15, 0.2) is 42.5 Å². The minimum absolute atomic E-state index is 0.391. The molecule has 20 heavy (non-hydrogen) atoms. The van der Waals surface area contributed by atoms with E-state index >= 15 is 0 Å². The van der Waals surface area contributed by atoms with Crippen molar-refractivity contribution in [3.05, 3.63) is 63.9 Å². The van der Waals surface area contributed by atoms with Gasteiger partial charge in [-0.15, -0.1) is 0 Å². The minimum atomic E-state index is -1.12. The average molecular weight is 311 g/mol. The number of hydrogen-bond donors (Lipinski definition) is 1. The zero-order valence-corrected chi connectivity index (χ0v) is 11.6. The van der Waals surface area contributed by atoms with Gasteiger partial charge in [-0.3, -0.25) is 0 Å². The molecule has 0 aliphatic heterocycles. The third-order valence-corrected chi connectivity index (χ3v) is 3.28. The molecule has 0 aliphatic rings. The Morgan fingerprint density at radius 1 is 1.15 bits per heavy atom. The van der Waals surface area contributed by atoms with E-state index in [9.17, 15) is 9.18 Å². The third kappa shape index (κ3) is 3.18. The van der Waals surface area contributed by atoms with Crippen molar-refractivity contribution in [2.75, 3.05) is 0 Å². The summed E-state index contributed by atoms with van der Waals surface area (Å²) in [7, 11) is 0. The Hall–Kier alpha value is -1.84. The summed E-state index contributed by atoms with van der Waals surface area (Å²) in [5.74, 6) is -1.59. The van der Waals surface area contributed by atoms with E-state index in [2.05, 4.69) is 0 Å². The number of hydrogen-bond acceptors (Lipinski definition) is 1. The zero-order valence-electron chi connectivity index (χ0n) is 10.1. The molecule has 0 aromatic heterocycles. The van der Waals surface area contributed by atoms with Crippen molar-refractivity contribution in [1.29, 1.82) is 0 Å². The minimum Gasteiger partial charge on any atom is -0.478 e. The lowest BCUT2D eigenvalue weighted by Gasteiger charge is -2.10. The molecule has 2 rings (SSSR count). The second kappa shape index (κ2) is 6.07. The zero-order chi connectivity index (χ0) is 14.7. The summed E-state index contributed by atoms with van der Waals surface area (Å²) < 4.78 is 13.3. The second-order valence-corrected chi connectivity index (χ2v) is 4.81. The maximum atomic E-state index is 13.3.